The highest BCUT2D eigenvalue weighted by Crippen LogP contribution is 2.40. The lowest BCUT2D eigenvalue weighted by Gasteiger charge is -2.22. The van der Waals surface area contributed by atoms with Gasteiger partial charge in [0, 0.05) is 94.5 Å². The van der Waals surface area contributed by atoms with Gasteiger partial charge in [0.05, 0.1) is 14.2 Å². The fourth-order valence-electron chi connectivity index (χ4n) is 9.43. The van der Waals surface area contributed by atoms with E-state index in [-0.39, 0.29) is 139 Å². The molecule has 7 rings (SSSR count). The molecule has 10 N–H and O–H groups in total. The lowest BCUT2D eigenvalue weighted by atomic mass is 9.86. The summed E-state index contributed by atoms with van der Waals surface area (Å²) in [5, 5.41) is 84.7. The van der Waals surface area contributed by atoms with Gasteiger partial charge in [-0.25, -0.2) is 0 Å². The molecule has 25 nitrogen and oxygen atoms in total. The number of hydrogen-bond donors (Lipinski definition) is 10. The van der Waals surface area contributed by atoms with E-state index in [2.05, 4.69) is 46.3 Å². The predicted octanol–water partition coefficient (Wildman–Crippen LogP) is 27.5. The fourth-order valence-corrected chi connectivity index (χ4v) is 9.43. The lowest BCUT2D eigenvalue weighted by Crippen LogP contribution is -2.15. The number of aliphatic hydroxyl groups excluding tert-OH is 1. The standard InChI is InChI=1S/C14H18O4.C13H18O3.2C12H16O3.C11H16O2.2C10H14O2.C4H6O3.6C2H6.CH4O.5CH4.H2O2/c1-9(15)17-11-6-7-13(18-10(2)16)12(8-11)14(3,4)5;1-9(14)16-12-7-6-10(15-5)8-11(12)13(2,3)4;2*1-8(13)15-11-6-5-9(14)7-10(11)12(2,3)4;1-11(2,3)9-7-8(13-4)5-6-10(9)12;2*1-10(2,3)8-6-7(11)4-5-9(8)12;1-3(5)7-4(2)6;7*1-2;;;;;;1-2/h6-8H,1-5H3;6-8H,1-5H3;2*5-7,14H,1-4H3;5-7,12H,1-4H3;2*4-6,11-12H,1-3H3;1-2H3;6*1-2H3;2H,1H3;5*1H4;1-2H. The molecule has 7 aromatic carbocycles. The van der Waals surface area contributed by atoms with Crippen molar-refractivity contribution < 1.29 is 123 Å². The summed E-state index contributed by atoms with van der Waals surface area (Å²) in [6.45, 7) is 75.4. The summed E-state index contributed by atoms with van der Waals surface area (Å²) in [6, 6.07) is 34.3. The highest BCUT2D eigenvalue weighted by atomic mass is 17.0. The van der Waals surface area contributed by atoms with Crippen molar-refractivity contribution in [2.45, 2.75) is 352 Å². The smallest absolute Gasteiger partial charge is 0.310 e. The Bertz CT molecular complexity index is 3990. The molecule has 0 atom stereocenters. The number of ether oxygens (including phenoxy) is 8. The summed E-state index contributed by atoms with van der Waals surface area (Å²) in [4.78, 5) is 74.4. The van der Waals surface area contributed by atoms with Gasteiger partial charge in [-0.05, 0) is 165 Å². The SMILES string of the molecule is C.C.C.C.C.CC.CC.CC.CC.CC.CC.CC(=O)OC(C)=O.CC(=O)Oc1ccc(O)cc1C(C)(C)C.CC(=O)Oc1ccc(O)cc1C(C)(C)C.CC(=O)Oc1ccc(OC(C)=O)c(C(C)(C)C)c1.CC(C)(C)c1cc(O)ccc1O.CC(C)(C)c1cc(O)ccc1O.CO.COc1ccc(O)c(C(C)(C)C)c1.COc1ccc(OC(C)=O)c(C(C)(C)C)c1.OO. The molecule has 0 radical (unpaired) electrons. The third-order valence-electron chi connectivity index (χ3n) is 14.4. The van der Waals surface area contributed by atoms with E-state index in [0.29, 0.717) is 34.5 Å². The van der Waals surface area contributed by atoms with Gasteiger partial charge in [0.25, 0.3) is 0 Å². The molecule has 0 spiro atoms. The van der Waals surface area contributed by atoms with Crippen molar-refractivity contribution in [1.29, 1.82) is 0 Å². The van der Waals surface area contributed by atoms with Crippen molar-refractivity contribution in [3.8, 4) is 80.5 Å². The monoisotopic (exact) mass is 1830 g/mol. The molecular formula is C104H180O25. The Balaban J connectivity index is -0.0000000955. The molecule has 0 aliphatic heterocycles. The van der Waals surface area contributed by atoms with Gasteiger partial charge in [-0.2, -0.15) is 0 Å². The average molecular weight is 1830 g/mol. The number of phenolic OH excluding ortho intramolecular Hbond substituents is 7. The quantitative estimate of drug-likeness (QED) is 0.0177. The van der Waals surface area contributed by atoms with Crippen LogP contribution in [0.25, 0.3) is 0 Å². The van der Waals surface area contributed by atoms with E-state index in [1.807, 2.05) is 199 Å². The van der Waals surface area contributed by atoms with Crippen LogP contribution in [-0.2, 0) is 76.2 Å². The number of benzene rings is 7. The molecule has 0 heterocycles. The van der Waals surface area contributed by atoms with Crippen LogP contribution in [0.4, 0.5) is 0 Å². The minimum Gasteiger partial charge on any atom is -0.508 e. The van der Waals surface area contributed by atoms with Gasteiger partial charge in [-0.1, -0.05) is 266 Å². The molecule has 0 unspecified atom stereocenters. The summed E-state index contributed by atoms with van der Waals surface area (Å²) < 4.78 is 39.7. The van der Waals surface area contributed by atoms with E-state index >= 15 is 0 Å². The van der Waals surface area contributed by atoms with E-state index in [1.54, 1.807) is 93.1 Å². The van der Waals surface area contributed by atoms with E-state index in [4.69, 9.17) is 48.8 Å². The third-order valence-corrected chi connectivity index (χ3v) is 14.4. The maximum absolute atomic E-state index is 11.0. The number of carbonyl (C=O) groups is 7. The number of methoxy groups -OCH3 is 2. The van der Waals surface area contributed by atoms with Crippen molar-refractivity contribution in [2.75, 3.05) is 21.3 Å². The van der Waals surface area contributed by atoms with Crippen LogP contribution < -0.4 is 33.2 Å². The van der Waals surface area contributed by atoms with E-state index in [1.165, 1.54) is 84.9 Å². The van der Waals surface area contributed by atoms with E-state index in [9.17, 15) is 69.3 Å². The molecule has 0 aliphatic carbocycles. The molecule has 25 heteroatoms. The first-order valence-electron chi connectivity index (χ1n) is 41.2. The minimum atomic E-state index is -0.562. The number of aliphatic hydroxyl groups is 1. The Morgan fingerprint density at radius 2 is 0.380 bits per heavy atom. The minimum absolute atomic E-state index is 0. The lowest BCUT2D eigenvalue weighted by molar-refractivity contribution is -0.176. The Morgan fingerprint density at radius 1 is 0.225 bits per heavy atom. The second-order valence-electron chi connectivity index (χ2n) is 32.0. The molecule has 0 saturated carbocycles. The van der Waals surface area contributed by atoms with E-state index < -0.39 is 11.9 Å². The molecule has 0 aromatic heterocycles. The second-order valence-corrected chi connectivity index (χ2v) is 32.0. The number of hydrogen-bond acceptors (Lipinski definition) is 25. The normalized spacial score (nSPS) is 9.60. The van der Waals surface area contributed by atoms with Gasteiger partial charge in [-0.3, -0.25) is 44.1 Å². The first-order valence-corrected chi connectivity index (χ1v) is 41.2. The molecule has 0 aliphatic rings. The van der Waals surface area contributed by atoms with Crippen LogP contribution in [0.1, 0.15) is 353 Å². The fraction of sp³-hybridized carbons (Fsp3) is 0.529. The summed E-state index contributed by atoms with van der Waals surface area (Å²) >= 11 is 0. The van der Waals surface area contributed by atoms with Crippen LogP contribution in [0, 0.1) is 0 Å². The zero-order valence-electron chi connectivity index (χ0n) is 83.2. The Hall–Kier alpha value is -10.9. The van der Waals surface area contributed by atoms with Gasteiger partial charge in [0.1, 0.15) is 80.5 Å². The van der Waals surface area contributed by atoms with Crippen molar-refractivity contribution >= 4 is 41.8 Å². The molecule has 129 heavy (non-hydrogen) atoms. The Kier molecular flexibility index (Phi) is 88.1. The second kappa shape index (κ2) is 76.0. The molecular weight excluding hydrogens is 1650 g/mol. The van der Waals surface area contributed by atoms with Crippen molar-refractivity contribution in [1.82, 2.24) is 0 Å². The zero-order chi connectivity index (χ0) is 100. The van der Waals surface area contributed by atoms with Gasteiger partial charge < -0.3 is 78.7 Å². The number of rotatable bonds is 7. The van der Waals surface area contributed by atoms with Gasteiger partial charge in [0.15, 0.2) is 0 Å². The van der Waals surface area contributed by atoms with Gasteiger partial charge in [-0.15, -0.1) is 0 Å². The van der Waals surface area contributed by atoms with Crippen LogP contribution >= 0.6 is 0 Å². The summed E-state index contributed by atoms with van der Waals surface area (Å²) in [5.74, 6) is 2.74. The largest absolute Gasteiger partial charge is 0.508 e. The van der Waals surface area contributed by atoms with Crippen LogP contribution in [0.2, 0.25) is 0 Å². The van der Waals surface area contributed by atoms with Crippen LogP contribution in [0.5, 0.6) is 80.5 Å². The highest BCUT2D eigenvalue weighted by molar-refractivity contribution is 5.82. The van der Waals surface area contributed by atoms with Gasteiger partial charge in [0.2, 0.25) is 0 Å². The number of phenols is 7. The van der Waals surface area contributed by atoms with Crippen molar-refractivity contribution in [3.05, 3.63) is 166 Å². The molecule has 0 saturated heterocycles. The van der Waals surface area contributed by atoms with Crippen molar-refractivity contribution in [3.63, 3.8) is 0 Å². The first kappa shape index (κ1) is 149. The molecule has 0 bridgehead atoms. The maximum atomic E-state index is 11.0. The average Bonchev–Trinajstić information content (AvgIpc) is 0.898. The number of esters is 7. The molecule has 0 amide bonds. The molecule has 7 aromatic rings. The molecule has 746 valence electrons. The molecule has 0 fully saturated rings. The Morgan fingerprint density at radius 3 is 0.566 bits per heavy atom. The Labute approximate surface area is 780 Å². The number of aromatic hydroxyl groups is 7. The number of carbonyl (C=O) groups excluding carboxylic acids is 7. The van der Waals surface area contributed by atoms with Crippen LogP contribution in [0.15, 0.2) is 127 Å². The first-order chi connectivity index (χ1) is 57.0. The van der Waals surface area contributed by atoms with Crippen LogP contribution in [-0.4, -0.2) is 114 Å². The highest BCUT2D eigenvalue weighted by Gasteiger charge is 2.26. The van der Waals surface area contributed by atoms with E-state index in [0.717, 1.165) is 57.6 Å². The summed E-state index contributed by atoms with van der Waals surface area (Å²) in [5.41, 5.74) is 4.85. The zero-order valence-corrected chi connectivity index (χ0v) is 83.2. The topological polar surface area (TPSA) is 396 Å². The van der Waals surface area contributed by atoms with Crippen molar-refractivity contribution in [2.24, 2.45) is 0 Å². The van der Waals surface area contributed by atoms with Crippen LogP contribution in [0.3, 0.4) is 0 Å². The predicted molar refractivity (Wildman–Crippen MR) is 535 cm³/mol. The summed E-state index contributed by atoms with van der Waals surface area (Å²) in [7, 11) is 4.24. The van der Waals surface area contributed by atoms with Gasteiger partial charge >= 0.3 is 41.8 Å². The summed E-state index contributed by atoms with van der Waals surface area (Å²) in [6.07, 6.45) is 0. The third kappa shape index (κ3) is 68.9. The maximum Gasteiger partial charge on any atom is 0.310 e.